The normalized spacial score (nSPS) is 9.00. The molecule has 0 aliphatic rings. The zero-order valence-electron chi connectivity index (χ0n) is 4.43. The molecule has 0 aliphatic heterocycles. The second-order valence-corrected chi connectivity index (χ2v) is 1.62. The molecule has 1 aromatic heterocycles. The van der Waals surface area contributed by atoms with E-state index in [4.69, 9.17) is 11.8 Å². The van der Waals surface area contributed by atoms with Crippen molar-refractivity contribution < 1.29 is 9.21 Å². The maximum atomic E-state index is 10.6. The van der Waals surface area contributed by atoms with Gasteiger partial charge in [0.2, 0.25) is 0 Å². The fourth-order valence-electron chi connectivity index (χ4n) is 0.448. The van der Waals surface area contributed by atoms with Crippen molar-refractivity contribution in [3.63, 3.8) is 0 Å². The van der Waals surface area contributed by atoms with Crippen LogP contribution < -0.4 is 4.84 Å². The molecule has 0 saturated carbocycles. The van der Waals surface area contributed by atoms with E-state index in [2.05, 4.69) is 4.42 Å². The molecule has 1 amide bonds. The number of halogens is 1. The quantitative estimate of drug-likeness (QED) is 0.603. The van der Waals surface area contributed by atoms with E-state index in [1.54, 1.807) is 0 Å². The molecule has 0 aromatic carbocycles. The third-order valence-corrected chi connectivity index (χ3v) is 1.04. The molecule has 1 aromatic rings. The summed E-state index contributed by atoms with van der Waals surface area (Å²) >= 11 is 5.00. The van der Waals surface area contributed by atoms with E-state index in [1.807, 2.05) is 4.84 Å². The number of carbonyl (C=O) groups excluding carboxylic acids is 1. The Kier molecular flexibility index (Phi) is 1.75. The van der Waals surface area contributed by atoms with Crippen LogP contribution in [0.15, 0.2) is 23.0 Å². The maximum absolute atomic E-state index is 10.6. The van der Waals surface area contributed by atoms with Crippen LogP contribution in [-0.4, -0.2) is 5.91 Å². The molecular weight excluding hydrogens is 142 g/mol. The smallest absolute Gasteiger partial charge is 0.268 e. The van der Waals surface area contributed by atoms with E-state index >= 15 is 0 Å². The lowest BCUT2D eigenvalue weighted by atomic mass is 10.3. The standard InChI is InChI=1S/C5H4ClNO2/c6-7-5(8)4-1-2-9-3-4/h1-3H,(H,7,8). The van der Waals surface area contributed by atoms with E-state index in [0.29, 0.717) is 5.56 Å². The predicted molar refractivity (Wildman–Crippen MR) is 32.0 cm³/mol. The second kappa shape index (κ2) is 2.55. The van der Waals surface area contributed by atoms with Crippen LogP contribution in [0, 0.1) is 0 Å². The summed E-state index contributed by atoms with van der Waals surface area (Å²) in [6.07, 6.45) is 2.72. The lowest BCUT2D eigenvalue weighted by Gasteiger charge is -1.86. The first-order valence-corrected chi connectivity index (χ1v) is 2.65. The molecule has 0 atom stereocenters. The molecule has 0 fully saturated rings. The predicted octanol–water partition coefficient (Wildman–Crippen LogP) is 1.16. The largest absolute Gasteiger partial charge is 0.472 e. The second-order valence-electron chi connectivity index (χ2n) is 1.44. The maximum Gasteiger partial charge on any atom is 0.268 e. The lowest BCUT2D eigenvalue weighted by Crippen LogP contribution is -2.10. The highest BCUT2D eigenvalue weighted by atomic mass is 35.5. The molecule has 4 heteroatoms. The Morgan fingerprint density at radius 2 is 2.56 bits per heavy atom. The molecule has 0 bridgehead atoms. The minimum atomic E-state index is -0.356. The molecule has 0 saturated heterocycles. The van der Waals surface area contributed by atoms with Gasteiger partial charge in [-0.15, -0.1) is 0 Å². The summed E-state index contributed by atoms with van der Waals surface area (Å²) in [6.45, 7) is 0. The monoisotopic (exact) mass is 145 g/mol. The van der Waals surface area contributed by atoms with Crippen LogP contribution in [0.5, 0.6) is 0 Å². The Bertz CT molecular complexity index is 195. The van der Waals surface area contributed by atoms with E-state index < -0.39 is 0 Å². The summed E-state index contributed by atoms with van der Waals surface area (Å²) in [5, 5.41) is 0. The first-order chi connectivity index (χ1) is 4.34. The Labute approximate surface area is 56.7 Å². The van der Waals surface area contributed by atoms with Crippen molar-refractivity contribution in [3.8, 4) is 0 Å². The van der Waals surface area contributed by atoms with Crippen LogP contribution in [0.25, 0.3) is 0 Å². The fraction of sp³-hybridized carbons (Fsp3) is 0. The van der Waals surface area contributed by atoms with Gasteiger partial charge in [-0.1, -0.05) is 0 Å². The van der Waals surface area contributed by atoms with Crippen molar-refractivity contribution in [1.82, 2.24) is 4.84 Å². The first kappa shape index (κ1) is 6.16. The molecule has 1 rings (SSSR count). The zero-order chi connectivity index (χ0) is 6.69. The molecule has 0 radical (unpaired) electrons. The van der Waals surface area contributed by atoms with Gasteiger partial charge >= 0.3 is 0 Å². The topological polar surface area (TPSA) is 42.2 Å². The highest BCUT2D eigenvalue weighted by molar-refractivity contribution is 6.24. The molecule has 0 spiro atoms. The van der Waals surface area contributed by atoms with E-state index in [-0.39, 0.29) is 5.91 Å². The van der Waals surface area contributed by atoms with Crippen molar-refractivity contribution in [1.29, 1.82) is 0 Å². The number of hydrogen-bond acceptors (Lipinski definition) is 2. The summed E-state index contributed by atoms with van der Waals surface area (Å²) in [5.74, 6) is -0.356. The Balaban J connectivity index is 2.77. The van der Waals surface area contributed by atoms with Gasteiger partial charge in [-0.2, -0.15) is 0 Å². The third kappa shape index (κ3) is 1.23. The van der Waals surface area contributed by atoms with Gasteiger partial charge in [0.25, 0.3) is 5.91 Å². The Morgan fingerprint density at radius 3 is 3.00 bits per heavy atom. The summed E-state index contributed by atoms with van der Waals surface area (Å²) in [7, 11) is 0. The van der Waals surface area contributed by atoms with Gasteiger partial charge in [-0.05, 0) is 6.07 Å². The molecule has 9 heavy (non-hydrogen) atoms. The van der Waals surface area contributed by atoms with Crippen LogP contribution in [0.4, 0.5) is 0 Å². The molecule has 0 unspecified atom stereocenters. The number of carbonyl (C=O) groups is 1. The average Bonchev–Trinajstić information content (AvgIpc) is 2.37. The summed E-state index contributed by atoms with van der Waals surface area (Å²) in [5.41, 5.74) is 0.421. The first-order valence-electron chi connectivity index (χ1n) is 2.28. The number of hydrogen-bond donors (Lipinski definition) is 1. The number of amides is 1. The van der Waals surface area contributed by atoms with Crippen LogP contribution in [0.1, 0.15) is 10.4 Å². The van der Waals surface area contributed by atoms with Crippen molar-refractivity contribution in [2.75, 3.05) is 0 Å². The van der Waals surface area contributed by atoms with Crippen LogP contribution in [0.3, 0.4) is 0 Å². The number of rotatable bonds is 1. The summed E-state index contributed by atoms with van der Waals surface area (Å²) in [6, 6.07) is 1.53. The molecule has 1 heterocycles. The van der Waals surface area contributed by atoms with Crippen molar-refractivity contribution in [2.24, 2.45) is 0 Å². The van der Waals surface area contributed by atoms with Gasteiger partial charge in [-0.25, -0.2) is 0 Å². The highest BCUT2D eigenvalue weighted by Crippen LogP contribution is 1.98. The Hall–Kier alpha value is -0.960. The van der Waals surface area contributed by atoms with Crippen LogP contribution >= 0.6 is 11.8 Å². The number of furan rings is 1. The molecule has 0 aliphatic carbocycles. The fourth-order valence-corrected chi connectivity index (χ4v) is 0.557. The van der Waals surface area contributed by atoms with Gasteiger partial charge in [0.15, 0.2) is 0 Å². The lowest BCUT2D eigenvalue weighted by molar-refractivity contribution is 0.0981. The van der Waals surface area contributed by atoms with Crippen LogP contribution in [-0.2, 0) is 0 Å². The van der Waals surface area contributed by atoms with Crippen molar-refractivity contribution >= 4 is 17.7 Å². The Morgan fingerprint density at radius 1 is 1.78 bits per heavy atom. The highest BCUT2D eigenvalue weighted by Gasteiger charge is 2.02. The third-order valence-electron chi connectivity index (χ3n) is 0.869. The van der Waals surface area contributed by atoms with Gasteiger partial charge < -0.3 is 4.42 Å². The molecule has 1 N–H and O–H groups in total. The minimum absolute atomic E-state index is 0.356. The van der Waals surface area contributed by atoms with Crippen molar-refractivity contribution in [3.05, 3.63) is 24.2 Å². The molecular formula is C5H4ClNO2. The van der Waals surface area contributed by atoms with Gasteiger partial charge in [-0.3, -0.25) is 9.63 Å². The zero-order valence-corrected chi connectivity index (χ0v) is 5.18. The SMILES string of the molecule is O=C(NCl)c1ccoc1. The van der Waals surface area contributed by atoms with Gasteiger partial charge in [0.1, 0.15) is 6.26 Å². The van der Waals surface area contributed by atoms with E-state index in [0.717, 1.165) is 0 Å². The summed E-state index contributed by atoms with van der Waals surface area (Å²) in [4.78, 5) is 12.5. The minimum Gasteiger partial charge on any atom is -0.472 e. The van der Waals surface area contributed by atoms with Gasteiger partial charge in [0, 0.05) is 11.8 Å². The van der Waals surface area contributed by atoms with Crippen molar-refractivity contribution in [2.45, 2.75) is 0 Å². The van der Waals surface area contributed by atoms with Gasteiger partial charge in [0.05, 0.1) is 11.8 Å². The molecule has 3 nitrogen and oxygen atoms in total. The van der Waals surface area contributed by atoms with E-state index in [1.165, 1.54) is 18.6 Å². The average molecular weight is 146 g/mol. The molecule has 48 valence electrons. The summed E-state index contributed by atoms with van der Waals surface area (Å²) < 4.78 is 4.62. The van der Waals surface area contributed by atoms with E-state index in [9.17, 15) is 4.79 Å². The van der Waals surface area contributed by atoms with Crippen LogP contribution in [0.2, 0.25) is 0 Å². The number of nitrogens with one attached hydrogen (secondary N) is 1.